The number of imidazole rings is 1. The number of para-hydroxylation sites is 2. The molecule has 2 amide bonds. The molecule has 1 unspecified atom stereocenters. The Morgan fingerprint density at radius 3 is 2.76 bits per heavy atom. The fourth-order valence-corrected chi connectivity index (χ4v) is 3.48. The number of ether oxygens (including phenoxy) is 2. The molecule has 0 saturated carbocycles. The molecule has 0 fully saturated rings. The molecule has 29 heavy (non-hydrogen) atoms. The molecule has 0 saturated heterocycles. The number of H-pyrrole nitrogens is 1. The lowest BCUT2D eigenvalue weighted by Crippen LogP contribution is -2.42. The number of amides is 2. The number of benzene rings is 2. The molecule has 1 aliphatic rings. The molecule has 1 aromatic heterocycles. The van der Waals surface area contributed by atoms with Crippen molar-refractivity contribution in [3.8, 4) is 11.5 Å². The molecule has 2 heterocycles. The second-order valence-electron chi connectivity index (χ2n) is 7.51. The van der Waals surface area contributed by atoms with E-state index in [9.17, 15) is 4.79 Å². The number of fused-ring (bicyclic) bond motifs is 2. The van der Waals surface area contributed by atoms with Gasteiger partial charge in [0.05, 0.1) is 17.1 Å². The van der Waals surface area contributed by atoms with Crippen molar-refractivity contribution in [1.29, 1.82) is 0 Å². The molecule has 0 spiro atoms. The second-order valence-corrected chi connectivity index (χ2v) is 7.51. The molecule has 2 N–H and O–H groups in total. The minimum atomic E-state index is -0.208. The van der Waals surface area contributed by atoms with Gasteiger partial charge in [0, 0.05) is 13.1 Å². The summed E-state index contributed by atoms with van der Waals surface area (Å²) in [6.07, 6.45) is 0. The van der Waals surface area contributed by atoms with E-state index in [1.165, 1.54) is 0 Å². The van der Waals surface area contributed by atoms with Crippen molar-refractivity contribution in [2.75, 3.05) is 13.3 Å². The third kappa shape index (κ3) is 3.99. The number of carbonyl (C=O) groups is 1. The van der Waals surface area contributed by atoms with Crippen LogP contribution in [0.25, 0.3) is 11.0 Å². The van der Waals surface area contributed by atoms with Crippen LogP contribution in [0.2, 0.25) is 0 Å². The third-order valence-corrected chi connectivity index (χ3v) is 5.13. The topological polar surface area (TPSA) is 79.5 Å². The van der Waals surface area contributed by atoms with Crippen LogP contribution in [0.5, 0.6) is 11.5 Å². The highest BCUT2D eigenvalue weighted by Crippen LogP contribution is 2.33. The fourth-order valence-electron chi connectivity index (χ4n) is 3.48. The zero-order chi connectivity index (χ0) is 20.4. The molecule has 4 rings (SSSR count). The minimum Gasteiger partial charge on any atom is -0.454 e. The molecule has 7 nitrogen and oxygen atoms in total. The summed E-state index contributed by atoms with van der Waals surface area (Å²) in [5, 5.41) is 3.15. The summed E-state index contributed by atoms with van der Waals surface area (Å²) in [7, 11) is 0. The highest BCUT2D eigenvalue weighted by Gasteiger charge is 2.24. The standard InChI is InChI=1S/C22H26N4O3/c1-4-26(12-15-9-10-18-19(11-15)29-13-28-18)22(27)25-20(14(2)3)21-23-16-7-5-6-8-17(16)24-21/h5-11,14,20H,4,12-13H2,1-3H3,(H,23,24)(H,25,27). The van der Waals surface area contributed by atoms with Gasteiger partial charge in [0.2, 0.25) is 6.79 Å². The zero-order valence-corrected chi connectivity index (χ0v) is 16.9. The van der Waals surface area contributed by atoms with Gasteiger partial charge in [0.25, 0.3) is 0 Å². The van der Waals surface area contributed by atoms with Gasteiger partial charge < -0.3 is 24.7 Å². The van der Waals surface area contributed by atoms with Crippen LogP contribution >= 0.6 is 0 Å². The zero-order valence-electron chi connectivity index (χ0n) is 16.9. The lowest BCUT2D eigenvalue weighted by molar-refractivity contribution is 0.173. The Morgan fingerprint density at radius 1 is 1.21 bits per heavy atom. The van der Waals surface area contributed by atoms with Crippen molar-refractivity contribution in [2.45, 2.75) is 33.4 Å². The first-order valence-corrected chi connectivity index (χ1v) is 9.93. The van der Waals surface area contributed by atoms with E-state index in [1.54, 1.807) is 4.90 Å². The fraction of sp³-hybridized carbons (Fsp3) is 0.364. The van der Waals surface area contributed by atoms with E-state index < -0.39 is 0 Å². The summed E-state index contributed by atoms with van der Waals surface area (Å²) in [5.74, 6) is 2.42. The van der Waals surface area contributed by atoms with Crippen molar-refractivity contribution < 1.29 is 14.3 Å². The van der Waals surface area contributed by atoms with Crippen molar-refractivity contribution in [1.82, 2.24) is 20.2 Å². The van der Waals surface area contributed by atoms with Gasteiger partial charge in [-0.2, -0.15) is 0 Å². The number of carbonyl (C=O) groups excluding carboxylic acids is 1. The number of nitrogens with zero attached hydrogens (tertiary/aromatic N) is 2. The molecular weight excluding hydrogens is 368 g/mol. The predicted octanol–water partition coefficient (Wildman–Crippen LogP) is 4.22. The van der Waals surface area contributed by atoms with E-state index in [2.05, 4.69) is 29.1 Å². The molecule has 1 atom stereocenters. The van der Waals surface area contributed by atoms with E-state index in [0.717, 1.165) is 33.9 Å². The number of urea groups is 1. The van der Waals surface area contributed by atoms with Crippen molar-refractivity contribution in [2.24, 2.45) is 5.92 Å². The number of aromatic amines is 1. The predicted molar refractivity (Wildman–Crippen MR) is 111 cm³/mol. The van der Waals surface area contributed by atoms with E-state index in [1.807, 2.05) is 49.4 Å². The van der Waals surface area contributed by atoms with Crippen LogP contribution in [-0.2, 0) is 6.54 Å². The Bertz CT molecular complexity index is 981. The van der Waals surface area contributed by atoms with Crippen LogP contribution in [0.15, 0.2) is 42.5 Å². The summed E-state index contributed by atoms with van der Waals surface area (Å²) >= 11 is 0. The van der Waals surface area contributed by atoms with Gasteiger partial charge in [-0.25, -0.2) is 9.78 Å². The van der Waals surface area contributed by atoms with Crippen molar-refractivity contribution in [3.05, 3.63) is 53.9 Å². The van der Waals surface area contributed by atoms with E-state index >= 15 is 0 Å². The summed E-state index contributed by atoms with van der Waals surface area (Å²) in [6.45, 7) is 7.44. The maximum absolute atomic E-state index is 13.0. The molecule has 0 radical (unpaired) electrons. The van der Waals surface area contributed by atoms with Gasteiger partial charge in [-0.05, 0) is 42.7 Å². The first kappa shape index (κ1) is 19.1. The van der Waals surface area contributed by atoms with Crippen molar-refractivity contribution in [3.63, 3.8) is 0 Å². The highest BCUT2D eigenvalue weighted by molar-refractivity contribution is 5.76. The van der Waals surface area contributed by atoms with Gasteiger partial charge in [-0.15, -0.1) is 0 Å². The average Bonchev–Trinajstić information content (AvgIpc) is 3.35. The average molecular weight is 394 g/mol. The van der Waals surface area contributed by atoms with E-state index in [0.29, 0.717) is 13.1 Å². The minimum absolute atomic E-state index is 0.121. The van der Waals surface area contributed by atoms with Gasteiger partial charge >= 0.3 is 6.03 Å². The maximum atomic E-state index is 13.0. The molecule has 152 valence electrons. The molecular formula is C22H26N4O3. The van der Waals surface area contributed by atoms with Crippen LogP contribution in [0.3, 0.4) is 0 Å². The highest BCUT2D eigenvalue weighted by atomic mass is 16.7. The second kappa shape index (κ2) is 8.03. The Kier molecular flexibility index (Phi) is 5.29. The number of aromatic nitrogens is 2. The molecule has 0 bridgehead atoms. The summed E-state index contributed by atoms with van der Waals surface area (Å²) in [6, 6.07) is 13.3. The first-order chi connectivity index (χ1) is 14.0. The molecule has 1 aliphatic heterocycles. The smallest absolute Gasteiger partial charge is 0.318 e. The Labute approximate surface area is 170 Å². The van der Waals surface area contributed by atoms with Crippen molar-refractivity contribution >= 4 is 17.1 Å². The summed E-state index contributed by atoms with van der Waals surface area (Å²) < 4.78 is 10.8. The molecule has 7 heteroatoms. The Hall–Kier alpha value is -3.22. The van der Waals surface area contributed by atoms with E-state index in [-0.39, 0.29) is 24.8 Å². The number of hydrogen-bond acceptors (Lipinski definition) is 4. The normalized spacial score (nSPS) is 13.7. The quantitative estimate of drug-likeness (QED) is 0.656. The van der Waals surface area contributed by atoms with Gasteiger partial charge in [0.1, 0.15) is 5.82 Å². The van der Waals surface area contributed by atoms with E-state index in [4.69, 9.17) is 9.47 Å². The SMILES string of the molecule is CCN(Cc1ccc2c(c1)OCO2)C(=O)NC(c1nc2ccccc2[nH]1)C(C)C. The van der Waals surface area contributed by atoms with Crippen LogP contribution in [-0.4, -0.2) is 34.2 Å². The Morgan fingerprint density at radius 2 is 2.00 bits per heavy atom. The van der Waals surface area contributed by atoms with Gasteiger partial charge in [-0.3, -0.25) is 0 Å². The van der Waals surface area contributed by atoms with Crippen LogP contribution in [0.1, 0.15) is 38.2 Å². The molecule has 0 aliphatic carbocycles. The lowest BCUT2D eigenvalue weighted by Gasteiger charge is -2.26. The molecule has 2 aromatic carbocycles. The summed E-state index contributed by atoms with van der Waals surface area (Å²) in [5.41, 5.74) is 2.86. The third-order valence-electron chi connectivity index (χ3n) is 5.13. The molecule has 3 aromatic rings. The maximum Gasteiger partial charge on any atom is 0.318 e. The van der Waals surface area contributed by atoms with Crippen LogP contribution < -0.4 is 14.8 Å². The Balaban J connectivity index is 1.49. The first-order valence-electron chi connectivity index (χ1n) is 9.93. The lowest BCUT2D eigenvalue weighted by atomic mass is 10.0. The largest absolute Gasteiger partial charge is 0.454 e. The number of hydrogen-bond donors (Lipinski definition) is 2. The van der Waals surface area contributed by atoms with Gasteiger partial charge in [-0.1, -0.05) is 32.0 Å². The number of nitrogens with one attached hydrogen (secondary N) is 2. The van der Waals surface area contributed by atoms with Crippen LogP contribution in [0.4, 0.5) is 4.79 Å². The van der Waals surface area contributed by atoms with Crippen LogP contribution in [0, 0.1) is 5.92 Å². The summed E-state index contributed by atoms with van der Waals surface area (Å²) in [4.78, 5) is 22.8. The van der Waals surface area contributed by atoms with Gasteiger partial charge in [0.15, 0.2) is 11.5 Å². The monoisotopic (exact) mass is 394 g/mol. The number of rotatable bonds is 6.